The summed E-state index contributed by atoms with van der Waals surface area (Å²) in [5, 5.41) is 0. The maximum absolute atomic E-state index is 13.2. The number of aromatic nitrogens is 6. The predicted octanol–water partition coefficient (Wildman–Crippen LogP) is 23.7. The zero-order chi connectivity index (χ0) is 100. The molecule has 0 N–H and O–H groups in total. The van der Waals surface area contributed by atoms with E-state index < -0.39 is 0 Å². The summed E-state index contributed by atoms with van der Waals surface area (Å²) in [4.78, 5) is 181. The highest BCUT2D eigenvalue weighted by molar-refractivity contribution is 6.32. The molecule has 6 aliphatic rings. The van der Waals surface area contributed by atoms with Gasteiger partial charge in [0.2, 0.25) is 23.1 Å². The topological polar surface area (TPSA) is 282 Å². The smallest absolute Gasteiger partial charge is 0.210 e. The van der Waals surface area contributed by atoms with Gasteiger partial charge >= 0.3 is 0 Å². The van der Waals surface area contributed by atoms with Crippen molar-refractivity contribution in [2.24, 2.45) is 0 Å². The number of pyridine rings is 4. The minimum Gasteiger partial charge on any atom is -0.289 e. The molecule has 6 aliphatic carbocycles. The Bertz CT molecular complexity index is 7430. The number of aryl methyl sites for hydroxylation is 8. The first-order chi connectivity index (χ1) is 65.5. The van der Waals surface area contributed by atoms with E-state index >= 15 is 0 Å². The van der Waals surface area contributed by atoms with E-state index in [-0.39, 0.29) is 80.8 Å². The predicted molar refractivity (Wildman–Crippen MR) is 540 cm³/mol. The van der Waals surface area contributed by atoms with Crippen LogP contribution in [0.5, 0.6) is 0 Å². The summed E-state index contributed by atoms with van der Waals surface area (Å²) in [6.45, 7) is 44.5. The monoisotopic (exact) mass is 1830 g/mol. The van der Waals surface area contributed by atoms with Gasteiger partial charge in [0.15, 0.2) is 46.3 Å². The summed E-state index contributed by atoms with van der Waals surface area (Å²) in [5.41, 5.74) is 33.3. The van der Waals surface area contributed by atoms with Crippen LogP contribution in [-0.4, -0.2) is 99.3 Å². The SMILES string of the molecule is CC1=C(Cc2ccccc2)C(=O)c2c(C)c(C)c(C)c(C)c2C1=O.CC1=C(Cc2ccccc2)C(=O)c2c(C)c(C)nc(C)c2C1=O.CC1=C(Cc2ccccc2)C(=O)c2c(C)nc(C)c(C)c2C1=O.CC1=C(Cc2ccccc2)C(=O)c2c(nc(C)c(C)c2C)C1=O.CC1=C(Cc2ccccc2)C(=O)c2nc(C)c(C)c(C)c2C1=O.CC1=C(Cc2ccccc2)C(=O)c2nc(C)c(C)nc2C1=O. The van der Waals surface area contributed by atoms with Crippen LogP contribution < -0.4 is 0 Å². The van der Waals surface area contributed by atoms with Gasteiger partial charge in [-0.3, -0.25) is 67.5 Å². The number of allylic oxidation sites excluding steroid dienone is 12. The Morgan fingerprint density at radius 2 is 0.326 bits per heavy atom. The average molecular weight is 1830 g/mol. The van der Waals surface area contributed by atoms with Gasteiger partial charge in [0.1, 0.15) is 22.8 Å². The van der Waals surface area contributed by atoms with Crippen molar-refractivity contribution in [2.45, 2.75) is 205 Å². The minimum absolute atomic E-state index is 0.000712. The number of carbonyl (C=O) groups excluding carboxylic acids is 12. The van der Waals surface area contributed by atoms with Crippen LogP contribution >= 0.6 is 0 Å². The summed E-state index contributed by atoms with van der Waals surface area (Å²) < 4.78 is 0. The number of hydrogen-bond acceptors (Lipinski definition) is 18. The van der Waals surface area contributed by atoms with Crippen LogP contribution in [-0.2, 0) is 38.5 Å². The van der Waals surface area contributed by atoms with Gasteiger partial charge in [-0.2, -0.15) is 0 Å². The molecule has 0 aliphatic heterocycles. The molecule has 0 unspecified atom stereocenters. The Hall–Kier alpha value is -15.3. The van der Waals surface area contributed by atoms with Crippen molar-refractivity contribution in [3.63, 3.8) is 0 Å². The van der Waals surface area contributed by atoms with Gasteiger partial charge in [-0.15, -0.1) is 0 Å². The second-order valence-electron chi connectivity index (χ2n) is 36.5. The molecule has 0 amide bonds. The third-order valence-electron chi connectivity index (χ3n) is 28.1. The minimum atomic E-state index is -0.198. The van der Waals surface area contributed by atoms with E-state index in [4.69, 9.17) is 0 Å². The van der Waals surface area contributed by atoms with E-state index in [1.165, 1.54) is 0 Å². The van der Waals surface area contributed by atoms with E-state index in [9.17, 15) is 57.5 Å². The fourth-order valence-corrected chi connectivity index (χ4v) is 18.5. The number of fused-ring (bicyclic) bond motifs is 6. The highest BCUT2D eigenvalue weighted by atomic mass is 16.2. The molecule has 138 heavy (non-hydrogen) atoms. The van der Waals surface area contributed by atoms with Crippen molar-refractivity contribution in [1.82, 2.24) is 29.9 Å². The van der Waals surface area contributed by atoms with E-state index in [2.05, 4.69) is 29.9 Å². The van der Waals surface area contributed by atoms with E-state index in [1.54, 1.807) is 69.2 Å². The molecule has 696 valence electrons. The number of hydrogen-bond donors (Lipinski definition) is 0. The van der Waals surface area contributed by atoms with Gasteiger partial charge in [0.05, 0.1) is 33.6 Å². The van der Waals surface area contributed by atoms with Gasteiger partial charge < -0.3 is 0 Å². The zero-order valence-electron chi connectivity index (χ0n) is 83.1. The molecular weight excluding hydrogens is 1720 g/mol. The van der Waals surface area contributed by atoms with Gasteiger partial charge in [-0.1, -0.05) is 182 Å². The van der Waals surface area contributed by atoms with Gasteiger partial charge in [0.25, 0.3) is 0 Å². The highest BCUT2D eigenvalue weighted by Gasteiger charge is 2.41. The third kappa shape index (κ3) is 19.6. The van der Waals surface area contributed by atoms with Crippen LogP contribution in [0.15, 0.2) is 249 Å². The summed E-state index contributed by atoms with van der Waals surface area (Å²) in [6, 6.07) is 58.5. The summed E-state index contributed by atoms with van der Waals surface area (Å²) in [6.07, 6.45) is 2.83. The molecule has 18 rings (SSSR count). The van der Waals surface area contributed by atoms with E-state index in [1.807, 2.05) is 279 Å². The van der Waals surface area contributed by atoms with Crippen LogP contribution in [0.4, 0.5) is 0 Å². The van der Waals surface area contributed by atoms with Crippen molar-refractivity contribution >= 4 is 69.4 Å². The lowest BCUT2D eigenvalue weighted by atomic mass is 9.76. The fourth-order valence-electron chi connectivity index (χ4n) is 18.5. The first kappa shape index (κ1) is 100. The molecule has 0 saturated carbocycles. The van der Waals surface area contributed by atoms with Crippen molar-refractivity contribution in [2.75, 3.05) is 0 Å². The lowest BCUT2D eigenvalue weighted by Crippen LogP contribution is -2.26. The molecule has 18 nitrogen and oxygen atoms in total. The van der Waals surface area contributed by atoms with Crippen LogP contribution in [0.25, 0.3) is 0 Å². The van der Waals surface area contributed by atoms with Crippen molar-refractivity contribution in [3.8, 4) is 0 Å². The number of nitrogens with zero attached hydrogens (tertiary/aromatic N) is 6. The quantitative estimate of drug-likeness (QED) is 0.110. The molecule has 0 atom stereocenters. The van der Waals surface area contributed by atoms with Crippen LogP contribution in [0.1, 0.15) is 301 Å². The standard InChI is InChI=1S/C22H22O2.4C20H19NO2.C18H16N2O2/c1-12-13(2)15(4)20-19(14(12)3)21(23)16(5)18(22(20)24)11-17-9-7-6-8-10-17;1-11-13(3)21-14(4)18-17(11)20(23)16(12(2)19(18)22)10-15-8-6-5-7-9-15;1-11-13(3)21-14(4)18-17(11)19(22)12(2)16(20(18)23)10-15-8-6-5-7-9-15;1-11-12(2)17-18(21-14(11)4)19(22)13(3)16(20(17)23)10-15-8-6-5-7-9-15;1-11-12(2)17-18(21-14(11)4)20(23)16(13(3)19(17)22)10-15-8-6-5-7-9-15;1-10-14(9-13-7-5-4-6-8-13)18(22)16-15(17(10)21)19-11(2)12(3)20-16/h6-10H,11H2,1-5H3;4*5-9H,10H2,1-4H3;4-8H,9H2,1-3H3. The lowest BCUT2D eigenvalue weighted by Gasteiger charge is -2.25. The number of Topliss-reactive ketones (excluding diaryl/α,β-unsaturated/α-hetero) is 12. The Labute approximate surface area is 807 Å². The maximum atomic E-state index is 13.2. The highest BCUT2D eigenvalue weighted by Crippen LogP contribution is 2.41. The molecule has 5 heterocycles. The largest absolute Gasteiger partial charge is 0.289 e. The van der Waals surface area contributed by atoms with Gasteiger partial charge in [-0.05, 0) is 255 Å². The van der Waals surface area contributed by atoms with Crippen LogP contribution in [0.3, 0.4) is 0 Å². The Balaban J connectivity index is 0.000000140. The maximum Gasteiger partial charge on any atom is 0.210 e. The van der Waals surface area contributed by atoms with Crippen LogP contribution in [0, 0.1) is 125 Å². The second-order valence-corrected chi connectivity index (χ2v) is 36.5. The Morgan fingerprint density at radius 3 is 0.638 bits per heavy atom. The number of carbonyl (C=O) groups is 12. The third-order valence-corrected chi connectivity index (χ3v) is 28.1. The molecular formula is C120H114N6O12. The van der Waals surface area contributed by atoms with Crippen molar-refractivity contribution < 1.29 is 57.5 Å². The molecule has 0 spiro atoms. The first-order valence-electron chi connectivity index (χ1n) is 46.3. The molecule has 5 aromatic heterocycles. The summed E-state index contributed by atoms with van der Waals surface area (Å²) in [5.74, 6) is -0.968. The molecule has 12 aromatic rings. The van der Waals surface area contributed by atoms with E-state index in [0.717, 1.165) is 112 Å². The normalized spacial score (nSPS) is 14.3. The molecule has 18 heteroatoms. The summed E-state index contributed by atoms with van der Waals surface area (Å²) >= 11 is 0. The number of rotatable bonds is 12. The number of benzene rings is 7. The van der Waals surface area contributed by atoms with Gasteiger partial charge in [-0.25, -0.2) is 19.9 Å². The lowest BCUT2D eigenvalue weighted by molar-refractivity contribution is 0.0965. The molecule has 7 aromatic carbocycles. The van der Waals surface area contributed by atoms with Crippen molar-refractivity contribution in [1.29, 1.82) is 0 Å². The van der Waals surface area contributed by atoms with Crippen LogP contribution in [0.2, 0.25) is 0 Å². The Morgan fingerprint density at radius 1 is 0.145 bits per heavy atom. The molecule has 0 fully saturated rings. The van der Waals surface area contributed by atoms with E-state index in [0.29, 0.717) is 184 Å². The summed E-state index contributed by atoms with van der Waals surface area (Å²) in [7, 11) is 0. The zero-order valence-corrected chi connectivity index (χ0v) is 83.1. The number of ketones is 12. The van der Waals surface area contributed by atoms with Crippen molar-refractivity contribution in [3.05, 3.63) is 451 Å². The van der Waals surface area contributed by atoms with Gasteiger partial charge in [0, 0.05) is 162 Å². The average Bonchev–Trinajstić information content (AvgIpc) is 0.731. The second kappa shape index (κ2) is 41.5. The molecule has 0 bridgehead atoms. The molecule has 0 radical (unpaired) electrons. The Kier molecular flexibility index (Phi) is 30.1. The fraction of sp³-hybridized carbons (Fsp3) is 0.250. The molecule has 0 saturated heterocycles. The first-order valence-corrected chi connectivity index (χ1v) is 46.3.